The van der Waals surface area contributed by atoms with E-state index in [0.717, 1.165) is 5.56 Å². The van der Waals surface area contributed by atoms with Crippen LogP contribution in [-0.2, 0) is 6.54 Å². The average molecular weight is 202 g/mol. The summed E-state index contributed by atoms with van der Waals surface area (Å²) in [7, 11) is 3.35. The van der Waals surface area contributed by atoms with Gasteiger partial charge in [-0.2, -0.15) is 0 Å². The van der Waals surface area contributed by atoms with E-state index >= 15 is 0 Å². The first kappa shape index (κ1) is 10.2. The molecule has 2 N–H and O–H groups in total. The summed E-state index contributed by atoms with van der Waals surface area (Å²) >= 11 is 5.80. The third-order valence-electron chi connectivity index (χ3n) is 1.72. The van der Waals surface area contributed by atoms with Crippen LogP contribution in [0.25, 0.3) is 0 Å². The van der Waals surface area contributed by atoms with E-state index in [1.54, 1.807) is 20.2 Å². The summed E-state index contributed by atoms with van der Waals surface area (Å²) in [5, 5.41) is 12.8. The Morgan fingerprint density at radius 3 is 2.77 bits per heavy atom. The maximum absolute atomic E-state index is 9.46. The van der Waals surface area contributed by atoms with Gasteiger partial charge in [0.25, 0.3) is 0 Å². The van der Waals surface area contributed by atoms with Crippen LogP contribution in [0.4, 0.5) is 0 Å². The van der Waals surface area contributed by atoms with Crippen LogP contribution >= 0.6 is 11.6 Å². The predicted molar refractivity (Wildman–Crippen MR) is 52.4 cm³/mol. The van der Waals surface area contributed by atoms with E-state index in [1.165, 1.54) is 6.07 Å². The molecule has 0 aliphatic carbocycles. The fourth-order valence-corrected chi connectivity index (χ4v) is 1.31. The summed E-state index contributed by atoms with van der Waals surface area (Å²) in [5.41, 5.74) is 0.767. The molecule has 1 aromatic rings. The molecule has 0 atom stereocenters. The molecule has 0 aliphatic rings. The molecule has 0 bridgehead atoms. The SMILES string of the molecule is CNCc1cc(OC)c(Cl)cc1O. The second kappa shape index (κ2) is 4.35. The van der Waals surface area contributed by atoms with Gasteiger partial charge in [-0.1, -0.05) is 11.6 Å². The van der Waals surface area contributed by atoms with Crippen LogP contribution in [-0.4, -0.2) is 19.3 Å². The molecule has 0 heterocycles. The standard InChI is InChI=1S/C9H12ClNO2/c1-11-5-6-3-9(13-2)7(10)4-8(6)12/h3-4,11-12H,5H2,1-2H3. The first-order valence-electron chi connectivity index (χ1n) is 3.89. The summed E-state index contributed by atoms with van der Waals surface area (Å²) in [5.74, 6) is 0.755. The number of hydrogen-bond acceptors (Lipinski definition) is 3. The van der Waals surface area contributed by atoms with Crippen molar-refractivity contribution < 1.29 is 9.84 Å². The van der Waals surface area contributed by atoms with E-state index in [4.69, 9.17) is 16.3 Å². The van der Waals surface area contributed by atoms with Crippen LogP contribution in [0.15, 0.2) is 12.1 Å². The first-order chi connectivity index (χ1) is 6.19. The van der Waals surface area contributed by atoms with Gasteiger partial charge in [-0.15, -0.1) is 0 Å². The molecule has 4 heteroatoms. The van der Waals surface area contributed by atoms with Gasteiger partial charge in [-0.25, -0.2) is 0 Å². The number of phenolic OH excluding ortho intramolecular Hbond substituents is 1. The van der Waals surface area contributed by atoms with E-state index in [2.05, 4.69) is 5.32 Å². The number of rotatable bonds is 3. The van der Waals surface area contributed by atoms with Crippen LogP contribution in [0.2, 0.25) is 5.02 Å². The largest absolute Gasteiger partial charge is 0.508 e. The van der Waals surface area contributed by atoms with E-state index in [9.17, 15) is 5.11 Å². The van der Waals surface area contributed by atoms with Crippen molar-refractivity contribution >= 4 is 11.6 Å². The summed E-state index contributed by atoms with van der Waals surface area (Å²) < 4.78 is 5.02. The quantitative estimate of drug-likeness (QED) is 0.784. The van der Waals surface area contributed by atoms with E-state index in [-0.39, 0.29) is 5.75 Å². The zero-order valence-corrected chi connectivity index (χ0v) is 8.35. The molecule has 3 nitrogen and oxygen atoms in total. The zero-order chi connectivity index (χ0) is 9.84. The molecule has 0 unspecified atom stereocenters. The number of phenols is 1. The molecule has 0 spiro atoms. The number of methoxy groups -OCH3 is 1. The van der Waals surface area contributed by atoms with Crippen LogP contribution in [0.5, 0.6) is 11.5 Å². The smallest absolute Gasteiger partial charge is 0.138 e. The number of ether oxygens (including phenoxy) is 1. The Kier molecular flexibility index (Phi) is 3.39. The predicted octanol–water partition coefficient (Wildman–Crippen LogP) is 1.77. The fourth-order valence-electron chi connectivity index (χ4n) is 1.07. The molecule has 1 rings (SSSR count). The monoisotopic (exact) mass is 201 g/mol. The average Bonchev–Trinajstić information content (AvgIpc) is 2.10. The molecule has 0 saturated carbocycles. The summed E-state index contributed by atoms with van der Waals surface area (Å²) in [6.07, 6.45) is 0. The van der Waals surface area contributed by atoms with Crippen molar-refractivity contribution in [2.24, 2.45) is 0 Å². The Labute approximate surface area is 82.3 Å². The van der Waals surface area contributed by atoms with Crippen molar-refractivity contribution in [2.75, 3.05) is 14.2 Å². The summed E-state index contributed by atoms with van der Waals surface area (Å²) in [6.45, 7) is 0.583. The molecule has 0 saturated heterocycles. The number of hydrogen-bond donors (Lipinski definition) is 2. The van der Waals surface area contributed by atoms with Gasteiger partial charge in [0, 0.05) is 18.2 Å². The van der Waals surface area contributed by atoms with Crippen molar-refractivity contribution in [1.29, 1.82) is 0 Å². The number of halogens is 1. The Hall–Kier alpha value is -0.930. The van der Waals surface area contributed by atoms with Gasteiger partial charge in [-0.3, -0.25) is 0 Å². The Bertz CT molecular complexity index is 302. The highest BCUT2D eigenvalue weighted by Crippen LogP contribution is 2.31. The Morgan fingerprint density at radius 1 is 1.54 bits per heavy atom. The minimum atomic E-state index is 0.181. The first-order valence-corrected chi connectivity index (χ1v) is 4.26. The number of nitrogens with one attached hydrogen (secondary N) is 1. The zero-order valence-electron chi connectivity index (χ0n) is 7.60. The minimum Gasteiger partial charge on any atom is -0.508 e. The van der Waals surface area contributed by atoms with Crippen molar-refractivity contribution in [1.82, 2.24) is 5.32 Å². The highest BCUT2D eigenvalue weighted by molar-refractivity contribution is 6.32. The van der Waals surface area contributed by atoms with Gasteiger partial charge in [0.15, 0.2) is 0 Å². The van der Waals surface area contributed by atoms with Crippen molar-refractivity contribution in [2.45, 2.75) is 6.54 Å². The van der Waals surface area contributed by atoms with Gasteiger partial charge in [0.1, 0.15) is 11.5 Å². The maximum Gasteiger partial charge on any atom is 0.138 e. The number of benzene rings is 1. The lowest BCUT2D eigenvalue weighted by atomic mass is 10.2. The lowest BCUT2D eigenvalue weighted by Crippen LogP contribution is -2.05. The number of aromatic hydroxyl groups is 1. The van der Waals surface area contributed by atoms with E-state index in [1.807, 2.05) is 0 Å². The molecule has 0 amide bonds. The molecular formula is C9H12ClNO2. The Morgan fingerprint density at radius 2 is 2.23 bits per heavy atom. The van der Waals surface area contributed by atoms with E-state index < -0.39 is 0 Å². The van der Waals surface area contributed by atoms with Crippen molar-refractivity contribution in [3.8, 4) is 11.5 Å². The summed E-state index contributed by atoms with van der Waals surface area (Å²) in [4.78, 5) is 0. The van der Waals surface area contributed by atoms with E-state index in [0.29, 0.717) is 17.3 Å². The normalized spacial score (nSPS) is 10.1. The molecule has 72 valence electrons. The Balaban J connectivity index is 3.06. The lowest BCUT2D eigenvalue weighted by Gasteiger charge is -2.08. The third kappa shape index (κ3) is 2.26. The molecule has 13 heavy (non-hydrogen) atoms. The topological polar surface area (TPSA) is 41.5 Å². The third-order valence-corrected chi connectivity index (χ3v) is 2.02. The second-order valence-corrected chi connectivity index (χ2v) is 3.05. The molecule has 0 aliphatic heterocycles. The fraction of sp³-hybridized carbons (Fsp3) is 0.333. The molecule has 0 radical (unpaired) electrons. The maximum atomic E-state index is 9.46. The van der Waals surface area contributed by atoms with Crippen LogP contribution in [0.3, 0.4) is 0 Å². The molecule has 0 fully saturated rings. The van der Waals surface area contributed by atoms with Gasteiger partial charge in [0.05, 0.1) is 12.1 Å². The minimum absolute atomic E-state index is 0.181. The van der Waals surface area contributed by atoms with Crippen LogP contribution < -0.4 is 10.1 Å². The highest BCUT2D eigenvalue weighted by atomic mass is 35.5. The highest BCUT2D eigenvalue weighted by Gasteiger charge is 2.06. The van der Waals surface area contributed by atoms with Gasteiger partial charge >= 0.3 is 0 Å². The van der Waals surface area contributed by atoms with Crippen LogP contribution in [0.1, 0.15) is 5.56 Å². The van der Waals surface area contributed by atoms with Crippen molar-refractivity contribution in [3.05, 3.63) is 22.7 Å². The van der Waals surface area contributed by atoms with Gasteiger partial charge < -0.3 is 15.2 Å². The second-order valence-electron chi connectivity index (χ2n) is 2.65. The summed E-state index contributed by atoms with van der Waals surface area (Å²) in [6, 6.07) is 3.20. The van der Waals surface area contributed by atoms with Crippen molar-refractivity contribution in [3.63, 3.8) is 0 Å². The lowest BCUT2D eigenvalue weighted by molar-refractivity contribution is 0.410. The van der Waals surface area contributed by atoms with Gasteiger partial charge in [0.2, 0.25) is 0 Å². The van der Waals surface area contributed by atoms with Gasteiger partial charge in [-0.05, 0) is 13.1 Å². The molecule has 1 aromatic carbocycles. The molecule has 0 aromatic heterocycles. The van der Waals surface area contributed by atoms with Crippen LogP contribution in [0, 0.1) is 0 Å². The molecular weight excluding hydrogens is 190 g/mol.